The molecule has 0 amide bonds. The Hall–Kier alpha value is 0.270. The molecule has 3 heteroatoms. The molecule has 82 valence electrons. The van der Waals surface area contributed by atoms with Crippen molar-refractivity contribution < 1.29 is 4.74 Å². The summed E-state index contributed by atoms with van der Waals surface area (Å²) in [4.78, 5) is 0. The van der Waals surface area contributed by atoms with Gasteiger partial charge in [-0.05, 0) is 25.0 Å². The van der Waals surface area contributed by atoms with E-state index in [0.717, 1.165) is 6.04 Å². The first-order valence-corrected chi connectivity index (χ1v) is 6.92. The van der Waals surface area contributed by atoms with Crippen molar-refractivity contribution >= 4 is 11.8 Å². The van der Waals surface area contributed by atoms with Gasteiger partial charge in [-0.1, -0.05) is 12.8 Å². The number of hydrogen-bond donors (Lipinski definition) is 1. The van der Waals surface area contributed by atoms with E-state index < -0.39 is 0 Å². The fourth-order valence-corrected chi connectivity index (χ4v) is 3.70. The summed E-state index contributed by atoms with van der Waals surface area (Å²) in [6.07, 6.45) is 7.08. The Morgan fingerprint density at radius 3 is 2.79 bits per heavy atom. The highest BCUT2D eigenvalue weighted by Crippen LogP contribution is 2.24. The van der Waals surface area contributed by atoms with E-state index >= 15 is 0 Å². The van der Waals surface area contributed by atoms with Gasteiger partial charge in [-0.15, -0.1) is 0 Å². The molecule has 0 aromatic heterocycles. The van der Waals surface area contributed by atoms with Gasteiger partial charge in [0, 0.05) is 24.9 Å². The lowest BCUT2D eigenvalue weighted by Crippen LogP contribution is -2.47. The molecular weight excluding hydrogens is 194 g/mol. The van der Waals surface area contributed by atoms with Crippen molar-refractivity contribution in [3.63, 3.8) is 0 Å². The molecule has 1 heterocycles. The van der Waals surface area contributed by atoms with E-state index in [-0.39, 0.29) is 0 Å². The average Bonchev–Trinajstić information content (AvgIpc) is 2.71. The molecule has 3 atom stereocenters. The maximum absolute atomic E-state index is 5.54. The van der Waals surface area contributed by atoms with Crippen LogP contribution in [0.4, 0.5) is 0 Å². The third kappa shape index (κ3) is 2.65. The van der Waals surface area contributed by atoms with Crippen LogP contribution < -0.4 is 5.32 Å². The van der Waals surface area contributed by atoms with E-state index in [9.17, 15) is 0 Å². The SMILES string of the molecule is CO[C@H]1CCCC[C@H]1N[C@@H]1CCSC1. The summed E-state index contributed by atoms with van der Waals surface area (Å²) in [7, 11) is 1.86. The van der Waals surface area contributed by atoms with Crippen LogP contribution >= 0.6 is 11.8 Å². The van der Waals surface area contributed by atoms with Crippen molar-refractivity contribution in [3.05, 3.63) is 0 Å². The van der Waals surface area contributed by atoms with Crippen molar-refractivity contribution in [2.75, 3.05) is 18.6 Å². The summed E-state index contributed by atoms with van der Waals surface area (Å²) in [5, 5.41) is 3.77. The minimum Gasteiger partial charge on any atom is -0.380 e. The van der Waals surface area contributed by atoms with Crippen LogP contribution in [0.15, 0.2) is 0 Å². The first kappa shape index (κ1) is 10.8. The lowest BCUT2D eigenvalue weighted by molar-refractivity contribution is 0.0387. The number of nitrogens with one attached hydrogen (secondary N) is 1. The molecule has 1 aliphatic carbocycles. The maximum Gasteiger partial charge on any atom is 0.0724 e. The highest BCUT2D eigenvalue weighted by Gasteiger charge is 2.27. The first-order valence-electron chi connectivity index (χ1n) is 5.76. The van der Waals surface area contributed by atoms with Gasteiger partial charge < -0.3 is 10.1 Å². The summed E-state index contributed by atoms with van der Waals surface area (Å²) in [6, 6.07) is 1.37. The van der Waals surface area contributed by atoms with Crippen molar-refractivity contribution in [2.45, 2.75) is 50.3 Å². The molecule has 1 aliphatic heterocycles. The fourth-order valence-electron chi connectivity index (χ4n) is 2.54. The van der Waals surface area contributed by atoms with E-state index in [1.807, 2.05) is 7.11 Å². The van der Waals surface area contributed by atoms with Crippen LogP contribution in [-0.2, 0) is 4.74 Å². The van der Waals surface area contributed by atoms with E-state index in [1.165, 1.54) is 43.6 Å². The highest BCUT2D eigenvalue weighted by atomic mass is 32.2. The normalized spacial score (nSPS) is 38.8. The molecule has 0 aromatic rings. The quantitative estimate of drug-likeness (QED) is 0.778. The summed E-state index contributed by atoms with van der Waals surface area (Å²) in [5.41, 5.74) is 0. The van der Waals surface area contributed by atoms with Gasteiger partial charge in [-0.25, -0.2) is 0 Å². The lowest BCUT2D eigenvalue weighted by atomic mass is 9.92. The minimum atomic E-state index is 0.467. The van der Waals surface area contributed by atoms with Crippen LogP contribution in [0.1, 0.15) is 32.1 Å². The highest BCUT2D eigenvalue weighted by molar-refractivity contribution is 7.99. The van der Waals surface area contributed by atoms with E-state index in [4.69, 9.17) is 4.74 Å². The number of methoxy groups -OCH3 is 1. The van der Waals surface area contributed by atoms with Crippen LogP contribution in [0.25, 0.3) is 0 Å². The monoisotopic (exact) mass is 215 g/mol. The van der Waals surface area contributed by atoms with Gasteiger partial charge in [0.2, 0.25) is 0 Å². The van der Waals surface area contributed by atoms with Crippen LogP contribution in [0.5, 0.6) is 0 Å². The molecule has 14 heavy (non-hydrogen) atoms. The molecule has 0 spiro atoms. The molecule has 0 unspecified atom stereocenters. The number of hydrogen-bond acceptors (Lipinski definition) is 3. The van der Waals surface area contributed by atoms with Crippen molar-refractivity contribution in [2.24, 2.45) is 0 Å². The van der Waals surface area contributed by atoms with Crippen molar-refractivity contribution in [3.8, 4) is 0 Å². The third-order valence-corrected chi connectivity index (χ3v) is 4.55. The topological polar surface area (TPSA) is 21.3 Å². The predicted octanol–water partition coefficient (Wildman–Crippen LogP) is 2.04. The number of thioether (sulfide) groups is 1. The number of rotatable bonds is 3. The third-order valence-electron chi connectivity index (χ3n) is 3.38. The Morgan fingerprint density at radius 1 is 1.21 bits per heavy atom. The Bertz CT molecular complexity index is 171. The molecule has 1 N–H and O–H groups in total. The Kier molecular flexibility index (Phi) is 4.14. The van der Waals surface area contributed by atoms with Crippen molar-refractivity contribution in [1.29, 1.82) is 0 Å². The predicted molar refractivity (Wildman–Crippen MR) is 61.9 cm³/mol. The molecule has 2 rings (SSSR count). The summed E-state index contributed by atoms with van der Waals surface area (Å²) in [5.74, 6) is 2.63. The second kappa shape index (κ2) is 5.38. The Morgan fingerprint density at radius 2 is 2.07 bits per heavy atom. The molecule has 2 aliphatic rings. The van der Waals surface area contributed by atoms with Crippen LogP contribution in [0, 0.1) is 0 Å². The van der Waals surface area contributed by atoms with E-state index in [1.54, 1.807) is 0 Å². The van der Waals surface area contributed by atoms with Gasteiger partial charge in [-0.3, -0.25) is 0 Å². The zero-order valence-electron chi connectivity index (χ0n) is 9.00. The van der Waals surface area contributed by atoms with Crippen LogP contribution in [0.2, 0.25) is 0 Å². The average molecular weight is 215 g/mol. The second-order valence-electron chi connectivity index (χ2n) is 4.39. The summed E-state index contributed by atoms with van der Waals surface area (Å²) < 4.78 is 5.54. The molecule has 1 saturated carbocycles. The number of ether oxygens (including phenoxy) is 1. The maximum atomic E-state index is 5.54. The molecule has 2 nitrogen and oxygen atoms in total. The molecule has 0 bridgehead atoms. The summed E-state index contributed by atoms with van der Waals surface area (Å²) >= 11 is 2.08. The van der Waals surface area contributed by atoms with E-state index in [2.05, 4.69) is 17.1 Å². The van der Waals surface area contributed by atoms with Gasteiger partial charge in [0.15, 0.2) is 0 Å². The van der Waals surface area contributed by atoms with Gasteiger partial charge in [0.05, 0.1) is 6.10 Å². The molecule has 1 saturated heterocycles. The molecule has 0 aromatic carbocycles. The smallest absolute Gasteiger partial charge is 0.0724 e. The van der Waals surface area contributed by atoms with Gasteiger partial charge >= 0.3 is 0 Å². The largest absolute Gasteiger partial charge is 0.380 e. The van der Waals surface area contributed by atoms with Gasteiger partial charge in [0.1, 0.15) is 0 Å². The minimum absolute atomic E-state index is 0.467. The van der Waals surface area contributed by atoms with E-state index in [0.29, 0.717) is 12.1 Å². The molecule has 2 fully saturated rings. The Balaban J connectivity index is 1.81. The Labute approximate surface area is 91.2 Å². The van der Waals surface area contributed by atoms with Crippen LogP contribution in [-0.4, -0.2) is 36.8 Å². The zero-order chi connectivity index (χ0) is 9.80. The first-order chi connectivity index (χ1) is 6.90. The van der Waals surface area contributed by atoms with Gasteiger partial charge in [-0.2, -0.15) is 11.8 Å². The van der Waals surface area contributed by atoms with Gasteiger partial charge in [0.25, 0.3) is 0 Å². The zero-order valence-corrected chi connectivity index (χ0v) is 9.81. The molecule has 0 radical (unpaired) electrons. The lowest BCUT2D eigenvalue weighted by Gasteiger charge is -2.33. The fraction of sp³-hybridized carbons (Fsp3) is 1.00. The molecular formula is C11H21NOS. The van der Waals surface area contributed by atoms with Crippen LogP contribution in [0.3, 0.4) is 0 Å². The standard InChI is InChI=1S/C11H21NOS/c1-13-11-5-3-2-4-10(11)12-9-6-7-14-8-9/h9-12H,2-8H2,1H3/t9-,10-,11+/m1/s1. The summed E-state index contributed by atoms with van der Waals surface area (Å²) in [6.45, 7) is 0. The second-order valence-corrected chi connectivity index (χ2v) is 5.54. The van der Waals surface area contributed by atoms with Crippen molar-refractivity contribution in [1.82, 2.24) is 5.32 Å².